The monoisotopic (exact) mass is 231 g/mol. The molecule has 0 bridgehead atoms. The standard InChI is InChI=1S/C11H21NO2S/c1-5-9(15)8-6-12(7-8)10(13)14-11(2,3)4/h8-9,15H,5-7H2,1-4H3. The largest absolute Gasteiger partial charge is 0.444 e. The van der Waals surface area contributed by atoms with Crippen LogP contribution in [0.2, 0.25) is 0 Å². The summed E-state index contributed by atoms with van der Waals surface area (Å²) in [6, 6.07) is 0. The van der Waals surface area contributed by atoms with Gasteiger partial charge in [0, 0.05) is 24.3 Å². The number of amides is 1. The van der Waals surface area contributed by atoms with E-state index in [0.717, 1.165) is 19.5 Å². The summed E-state index contributed by atoms with van der Waals surface area (Å²) in [6.45, 7) is 9.35. The van der Waals surface area contributed by atoms with Crippen LogP contribution >= 0.6 is 12.6 Å². The predicted octanol–water partition coefficient (Wildman–Crippen LogP) is 2.56. The molecule has 1 amide bonds. The fraction of sp³-hybridized carbons (Fsp3) is 0.909. The zero-order valence-electron chi connectivity index (χ0n) is 9.99. The number of likely N-dealkylation sites (tertiary alicyclic amines) is 1. The molecule has 0 saturated carbocycles. The highest BCUT2D eigenvalue weighted by Gasteiger charge is 2.36. The number of ether oxygens (including phenoxy) is 1. The number of nitrogens with zero attached hydrogens (tertiary/aromatic N) is 1. The molecule has 15 heavy (non-hydrogen) atoms. The number of hydrogen-bond acceptors (Lipinski definition) is 3. The van der Waals surface area contributed by atoms with Crippen LogP contribution in [0.1, 0.15) is 34.1 Å². The van der Waals surface area contributed by atoms with Crippen LogP contribution in [0.4, 0.5) is 4.79 Å². The summed E-state index contributed by atoms with van der Waals surface area (Å²) in [4.78, 5) is 13.3. The maximum absolute atomic E-state index is 11.6. The quantitative estimate of drug-likeness (QED) is 0.740. The first kappa shape index (κ1) is 12.7. The zero-order chi connectivity index (χ0) is 11.6. The molecule has 88 valence electrons. The molecule has 1 atom stereocenters. The van der Waals surface area contributed by atoms with Crippen LogP contribution in [0, 0.1) is 5.92 Å². The Kier molecular flexibility index (Phi) is 3.93. The van der Waals surface area contributed by atoms with E-state index in [1.165, 1.54) is 0 Å². The molecule has 0 aromatic heterocycles. The van der Waals surface area contributed by atoms with Crippen molar-refractivity contribution in [2.75, 3.05) is 13.1 Å². The SMILES string of the molecule is CCC(S)C1CN(C(=O)OC(C)(C)C)C1. The van der Waals surface area contributed by atoms with Crippen molar-refractivity contribution in [2.24, 2.45) is 5.92 Å². The molecule has 1 saturated heterocycles. The molecule has 3 nitrogen and oxygen atoms in total. The highest BCUT2D eigenvalue weighted by molar-refractivity contribution is 7.81. The van der Waals surface area contributed by atoms with Crippen molar-refractivity contribution in [3.05, 3.63) is 0 Å². The minimum Gasteiger partial charge on any atom is -0.444 e. The van der Waals surface area contributed by atoms with E-state index in [2.05, 4.69) is 19.6 Å². The van der Waals surface area contributed by atoms with Crippen molar-refractivity contribution in [1.29, 1.82) is 0 Å². The Labute approximate surface area is 97.6 Å². The van der Waals surface area contributed by atoms with E-state index >= 15 is 0 Å². The fourth-order valence-electron chi connectivity index (χ4n) is 1.56. The first-order chi connectivity index (χ1) is 6.83. The fourth-order valence-corrected chi connectivity index (χ4v) is 1.75. The van der Waals surface area contributed by atoms with E-state index in [-0.39, 0.29) is 6.09 Å². The number of carbonyl (C=O) groups excluding carboxylic acids is 1. The Morgan fingerprint density at radius 1 is 1.53 bits per heavy atom. The van der Waals surface area contributed by atoms with Gasteiger partial charge in [0.2, 0.25) is 0 Å². The van der Waals surface area contributed by atoms with Gasteiger partial charge in [-0.25, -0.2) is 4.79 Å². The van der Waals surface area contributed by atoms with E-state index < -0.39 is 5.60 Å². The average Bonchev–Trinajstić information content (AvgIpc) is 1.97. The Bertz CT molecular complexity index is 231. The summed E-state index contributed by atoms with van der Waals surface area (Å²) >= 11 is 4.47. The van der Waals surface area contributed by atoms with Crippen LogP contribution in [-0.2, 0) is 4.74 Å². The molecule has 1 aliphatic heterocycles. The van der Waals surface area contributed by atoms with Crippen LogP contribution < -0.4 is 0 Å². The second-order valence-corrected chi connectivity index (χ2v) is 5.78. The van der Waals surface area contributed by atoms with Gasteiger partial charge in [-0.15, -0.1) is 0 Å². The van der Waals surface area contributed by atoms with Gasteiger partial charge >= 0.3 is 6.09 Å². The Hall–Kier alpha value is -0.380. The smallest absolute Gasteiger partial charge is 0.410 e. The lowest BCUT2D eigenvalue weighted by atomic mass is 9.95. The number of carbonyl (C=O) groups is 1. The molecule has 0 aromatic rings. The first-order valence-electron chi connectivity index (χ1n) is 5.49. The molecular weight excluding hydrogens is 210 g/mol. The van der Waals surface area contributed by atoms with Crippen molar-refractivity contribution in [2.45, 2.75) is 45.0 Å². The lowest BCUT2D eigenvalue weighted by Crippen LogP contribution is -2.54. The zero-order valence-corrected chi connectivity index (χ0v) is 10.9. The molecule has 4 heteroatoms. The summed E-state index contributed by atoms with van der Waals surface area (Å²) < 4.78 is 5.27. The van der Waals surface area contributed by atoms with E-state index in [4.69, 9.17) is 4.74 Å². The summed E-state index contributed by atoms with van der Waals surface area (Å²) in [6.07, 6.45) is 0.853. The second kappa shape index (κ2) is 4.64. The lowest BCUT2D eigenvalue weighted by Gasteiger charge is -2.42. The third kappa shape index (κ3) is 3.59. The Balaban J connectivity index is 2.30. The van der Waals surface area contributed by atoms with Crippen LogP contribution in [0.15, 0.2) is 0 Å². The van der Waals surface area contributed by atoms with Gasteiger partial charge in [0.15, 0.2) is 0 Å². The second-order valence-electron chi connectivity index (χ2n) is 5.12. The summed E-state index contributed by atoms with van der Waals surface area (Å²) in [5.41, 5.74) is -0.396. The molecule has 0 aliphatic carbocycles. The van der Waals surface area contributed by atoms with Crippen molar-refractivity contribution >= 4 is 18.7 Å². The van der Waals surface area contributed by atoms with Gasteiger partial charge < -0.3 is 9.64 Å². The molecule has 1 rings (SSSR count). The van der Waals surface area contributed by atoms with Gasteiger partial charge in [-0.05, 0) is 27.2 Å². The highest BCUT2D eigenvalue weighted by atomic mass is 32.1. The molecule has 1 fully saturated rings. The number of rotatable bonds is 2. The normalized spacial score (nSPS) is 19.7. The minimum absolute atomic E-state index is 0.199. The van der Waals surface area contributed by atoms with Gasteiger partial charge in [0.05, 0.1) is 0 Å². The lowest BCUT2D eigenvalue weighted by molar-refractivity contribution is -0.00119. The first-order valence-corrected chi connectivity index (χ1v) is 6.01. The molecular formula is C11H21NO2S. The van der Waals surface area contributed by atoms with E-state index in [0.29, 0.717) is 11.2 Å². The third-order valence-electron chi connectivity index (χ3n) is 2.52. The van der Waals surface area contributed by atoms with E-state index in [1.807, 2.05) is 20.8 Å². The Morgan fingerprint density at radius 3 is 2.47 bits per heavy atom. The molecule has 0 aromatic carbocycles. The van der Waals surface area contributed by atoms with Gasteiger partial charge in [-0.1, -0.05) is 6.92 Å². The summed E-state index contributed by atoms with van der Waals surface area (Å²) in [5.74, 6) is 0.533. The van der Waals surface area contributed by atoms with Gasteiger partial charge in [-0.3, -0.25) is 0 Å². The number of thiol groups is 1. The van der Waals surface area contributed by atoms with E-state index in [1.54, 1.807) is 4.90 Å². The summed E-state index contributed by atoms with van der Waals surface area (Å²) in [7, 11) is 0. The maximum atomic E-state index is 11.6. The Morgan fingerprint density at radius 2 is 2.07 bits per heavy atom. The molecule has 0 N–H and O–H groups in total. The van der Waals surface area contributed by atoms with E-state index in [9.17, 15) is 4.79 Å². The molecule has 1 aliphatic rings. The van der Waals surface area contributed by atoms with Crippen molar-refractivity contribution in [3.63, 3.8) is 0 Å². The topological polar surface area (TPSA) is 29.5 Å². The van der Waals surface area contributed by atoms with Gasteiger partial charge in [0.25, 0.3) is 0 Å². The van der Waals surface area contributed by atoms with Gasteiger partial charge in [0.1, 0.15) is 5.60 Å². The minimum atomic E-state index is -0.396. The highest BCUT2D eigenvalue weighted by Crippen LogP contribution is 2.26. The van der Waals surface area contributed by atoms with Crippen molar-refractivity contribution < 1.29 is 9.53 Å². The third-order valence-corrected chi connectivity index (χ3v) is 3.31. The molecule has 1 unspecified atom stereocenters. The summed E-state index contributed by atoms with van der Waals surface area (Å²) in [5, 5.41) is 0.406. The van der Waals surface area contributed by atoms with Crippen molar-refractivity contribution in [1.82, 2.24) is 4.90 Å². The molecule has 0 spiro atoms. The van der Waals surface area contributed by atoms with Crippen molar-refractivity contribution in [3.8, 4) is 0 Å². The van der Waals surface area contributed by atoms with Crippen LogP contribution in [0.25, 0.3) is 0 Å². The molecule has 1 heterocycles. The van der Waals surface area contributed by atoms with Crippen LogP contribution in [0.5, 0.6) is 0 Å². The maximum Gasteiger partial charge on any atom is 0.410 e. The predicted molar refractivity (Wildman–Crippen MR) is 64.4 cm³/mol. The van der Waals surface area contributed by atoms with Crippen LogP contribution in [0.3, 0.4) is 0 Å². The number of hydrogen-bond donors (Lipinski definition) is 1. The average molecular weight is 231 g/mol. The molecule has 0 radical (unpaired) electrons. The van der Waals surface area contributed by atoms with Gasteiger partial charge in [-0.2, -0.15) is 12.6 Å². The van der Waals surface area contributed by atoms with Crippen LogP contribution in [-0.4, -0.2) is 34.9 Å².